The van der Waals surface area contributed by atoms with Gasteiger partial charge in [-0.05, 0) is 17.7 Å². The third-order valence-electron chi connectivity index (χ3n) is 3.31. The average molecular weight is 303 g/mol. The Morgan fingerprint density at radius 1 is 1.13 bits per heavy atom. The second-order valence-corrected chi connectivity index (χ2v) is 4.94. The van der Waals surface area contributed by atoms with Crippen molar-refractivity contribution in [3.63, 3.8) is 0 Å². The lowest BCUT2D eigenvalue weighted by Gasteiger charge is -2.03. The molecular formula is C18H13N3O2. The number of carbonyl (C=O) groups is 1. The molecule has 5 nitrogen and oxygen atoms in total. The summed E-state index contributed by atoms with van der Waals surface area (Å²) >= 11 is 0. The molecule has 1 heterocycles. The van der Waals surface area contributed by atoms with Gasteiger partial charge in [0.05, 0.1) is 11.6 Å². The molecule has 0 aliphatic carbocycles. The largest absolute Gasteiger partial charge is 0.355 e. The number of nitrogens with one attached hydrogen (secondary N) is 1. The number of aromatic nitrogens is 1. The summed E-state index contributed by atoms with van der Waals surface area (Å²) in [6, 6.07) is 20.2. The molecule has 0 aliphatic heterocycles. The molecule has 0 aliphatic rings. The minimum Gasteiger partial charge on any atom is -0.355 e. The number of nitrogens with zero attached hydrogens (tertiary/aromatic N) is 2. The fourth-order valence-corrected chi connectivity index (χ4v) is 2.14. The lowest BCUT2D eigenvalue weighted by Crippen LogP contribution is -2.23. The Morgan fingerprint density at radius 2 is 1.96 bits per heavy atom. The molecular weight excluding hydrogens is 290 g/mol. The van der Waals surface area contributed by atoms with Crippen LogP contribution >= 0.6 is 0 Å². The van der Waals surface area contributed by atoms with Gasteiger partial charge in [0, 0.05) is 18.2 Å². The fourth-order valence-electron chi connectivity index (χ4n) is 2.14. The van der Waals surface area contributed by atoms with E-state index in [1.807, 2.05) is 36.4 Å². The van der Waals surface area contributed by atoms with Crippen molar-refractivity contribution in [2.24, 2.45) is 0 Å². The van der Waals surface area contributed by atoms with E-state index < -0.39 is 0 Å². The standard InChI is InChI=1S/C18H13N3O2/c19-11-13-5-4-6-14(9-13)12-20-18(22)16-10-17(23-21-16)15-7-2-1-3-8-15/h1-10H,12H2,(H,20,22). The van der Waals surface area contributed by atoms with E-state index in [9.17, 15) is 4.79 Å². The van der Waals surface area contributed by atoms with Gasteiger partial charge in [0.15, 0.2) is 11.5 Å². The molecule has 0 spiro atoms. The van der Waals surface area contributed by atoms with Crippen LogP contribution in [0.4, 0.5) is 0 Å². The molecule has 23 heavy (non-hydrogen) atoms. The van der Waals surface area contributed by atoms with Crippen molar-refractivity contribution in [1.82, 2.24) is 10.5 Å². The molecule has 1 aromatic heterocycles. The second kappa shape index (κ2) is 6.58. The molecule has 0 bridgehead atoms. The number of benzene rings is 2. The molecule has 1 N–H and O–H groups in total. The molecule has 0 saturated heterocycles. The van der Waals surface area contributed by atoms with E-state index in [0.29, 0.717) is 17.9 Å². The molecule has 0 atom stereocenters. The Bertz CT molecular complexity index is 863. The molecule has 5 heteroatoms. The van der Waals surface area contributed by atoms with Crippen LogP contribution in [0.15, 0.2) is 65.2 Å². The number of hydrogen-bond donors (Lipinski definition) is 1. The van der Waals surface area contributed by atoms with Gasteiger partial charge in [-0.25, -0.2) is 0 Å². The van der Waals surface area contributed by atoms with Crippen LogP contribution in [0.3, 0.4) is 0 Å². The van der Waals surface area contributed by atoms with E-state index in [1.54, 1.807) is 24.3 Å². The Balaban J connectivity index is 1.67. The summed E-state index contributed by atoms with van der Waals surface area (Å²) in [5.74, 6) is 0.223. The van der Waals surface area contributed by atoms with E-state index in [4.69, 9.17) is 9.78 Å². The first kappa shape index (κ1) is 14.5. The first-order valence-corrected chi connectivity index (χ1v) is 7.05. The van der Waals surface area contributed by atoms with Crippen molar-refractivity contribution >= 4 is 5.91 Å². The van der Waals surface area contributed by atoms with Gasteiger partial charge in [0.25, 0.3) is 5.91 Å². The third-order valence-corrected chi connectivity index (χ3v) is 3.31. The zero-order valence-corrected chi connectivity index (χ0v) is 12.2. The topological polar surface area (TPSA) is 78.9 Å². The van der Waals surface area contributed by atoms with Crippen molar-refractivity contribution in [2.75, 3.05) is 0 Å². The van der Waals surface area contributed by atoms with E-state index in [-0.39, 0.29) is 11.6 Å². The first-order chi connectivity index (χ1) is 11.3. The highest BCUT2D eigenvalue weighted by Gasteiger charge is 2.13. The fraction of sp³-hybridized carbons (Fsp3) is 0.0556. The van der Waals surface area contributed by atoms with E-state index in [1.165, 1.54) is 0 Å². The third kappa shape index (κ3) is 3.44. The average Bonchev–Trinajstić information content (AvgIpc) is 3.11. The summed E-state index contributed by atoms with van der Waals surface area (Å²) in [5, 5.41) is 15.4. The first-order valence-electron chi connectivity index (χ1n) is 7.05. The molecule has 0 fully saturated rings. The Hall–Kier alpha value is -3.39. The van der Waals surface area contributed by atoms with Crippen LogP contribution in [0.1, 0.15) is 21.6 Å². The molecule has 0 saturated carbocycles. The van der Waals surface area contributed by atoms with Crippen LogP contribution in [0.25, 0.3) is 11.3 Å². The van der Waals surface area contributed by atoms with Gasteiger partial charge in [0.2, 0.25) is 0 Å². The Labute approximate surface area is 133 Å². The summed E-state index contributed by atoms with van der Waals surface area (Å²) in [7, 11) is 0. The van der Waals surface area contributed by atoms with Crippen LogP contribution in [0, 0.1) is 11.3 Å². The summed E-state index contributed by atoms with van der Waals surface area (Å²) in [6.07, 6.45) is 0. The Morgan fingerprint density at radius 3 is 2.74 bits per heavy atom. The molecule has 2 aromatic carbocycles. The predicted octanol–water partition coefficient (Wildman–Crippen LogP) is 3.14. The van der Waals surface area contributed by atoms with Crippen molar-refractivity contribution in [2.45, 2.75) is 6.54 Å². The molecule has 3 aromatic rings. The van der Waals surface area contributed by atoms with Crippen LogP contribution in [0.2, 0.25) is 0 Å². The van der Waals surface area contributed by atoms with Gasteiger partial charge in [-0.2, -0.15) is 5.26 Å². The van der Waals surface area contributed by atoms with Gasteiger partial charge < -0.3 is 9.84 Å². The van der Waals surface area contributed by atoms with Gasteiger partial charge in [-0.1, -0.05) is 47.6 Å². The van der Waals surface area contributed by atoms with Crippen molar-refractivity contribution in [3.05, 3.63) is 77.5 Å². The number of rotatable bonds is 4. The maximum Gasteiger partial charge on any atom is 0.273 e. The maximum atomic E-state index is 12.1. The molecule has 3 rings (SSSR count). The van der Waals surface area contributed by atoms with E-state index >= 15 is 0 Å². The van der Waals surface area contributed by atoms with E-state index in [0.717, 1.165) is 11.1 Å². The lowest BCUT2D eigenvalue weighted by atomic mass is 10.1. The normalized spacial score (nSPS) is 10.0. The summed E-state index contributed by atoms with van der Waals surface area (Å²) in [6.45, 7) is 0.321. The predicted molar refractivity (Wildman–Crippen MR) is 84.3 cm³/mol. The van der Waals surface area contributed by atoms with Gasteiger partial charge in [-0.15, -0.1) is 0 Å². The summed E-state index contributed by atoms with van der Waals surface area (Å²) < 4.78 is 5.21. The van der Waals surface area contributed by atoms with Gasteiger partial charge in [-0.3, -0.25) is 4.79 Å². The highest BCUT2D eigenvalue weighted by Crippen LogP contribution is 2.19. The number of carbonyl (C=O) groups excluding carboxylic acids is 1. The van der Waals surface area contributed by atoms with Crippen molar-refractivity contribution in [1.29, 1.82) is 5.26 Å². The lowest BCUT2D eigenvalue weighted by molar-refractivity contribution is 0.0942. The minimum atomic E-state index is -0.321. The van der Waals surface area contributed by atoms with Gasteiger partial charge in [0.1, 0.15) is 0 Å². The highest BCUT2D eigenvalue weighted by atomic mass is 16.5. The summed E-state index contributed by atoms with van der Waals surface area (Å²) in [5.41, 5.74) is 2.50. The monoisotopic (exact) mass is 303 g/mol. The second-order valence-electron chi connectivity index (χ2n) is 4.94. The van der Waals surface area contributed by atoms with Crippen molar-refractivity contribution in [3.8, 4) is 17.4 Å². The van der Waals surface area contributed by atoms with Crippen LogP contribution < -0.4 is 5.32 Å². The van der Waals surface area contributed by atoms with Crippen LogP contribution in [-0.4, -0.2) is 11.1 Å². The summed E-state index contributed by atoms with van der Waals surface area (Å²) in [4.78, 5) is 12.1. The van der Waals surface area contributed by atoms with Gasteiger partial charge >= 0.3 is 0 Å². The van der Waals surface area contributed by atoms with E-state index in [2.05, 4.69) is 16.5 Å². The molecule has 112 valence electrons. The van der Waals surface area contributed by atoms with Crippen LogP contribution in [-0.2, 0) is 6.54 Å². The quantitative estimate of drug-likeness (QED) is 0.803. The SMILES string of the molecule is N#Cc1cccc(CNC(=O)c2cc(-c3ccccc3)on2)c1. The smallest absolute Gasteiger partial charge is 0.273 e. The van der Waals surface area contributed by atoms with Crippen molar-refractivity contribution < 1.29 is 9.32 Å². The minimum absolute atomic E-state index is 0.222. The van der Waals surface area contributed by atoms with Crippen LogP contribution in [0.5, 0.6) is 0 Å². The zero-order valence-electron chi connectivity index (χ0n) is 12.2. The molecule has 0 unspecified atom stereocenters. The highest BCUT2D eigenvalue weighted by molar-refractivity contribution is 5.93. The number of hydrogen-bond acceptors (Lipinski definition) is 4. The number of amides is 1. The number of nitriles is 1. The molecule has 1 amide bonds. The Kier molecular flexibility index (Phi) is 4.16. The molecule has 0 radical (unpaired) electrons. The maximum absolute atomic E-state index is 12.1. The zero-order chi connectivity index (χ0) is 16.1.